The minimum Gasteiger partial charge on any atom is -0.313 e. The van der Waals surface area contributed by atoms with Gasteiger partial charge in [-0.2, -0.15) is 5.10 Å². The van der Waals surface area contributed by atoms with Crippen molar-refractivity contribution in [2.45, 2.75) is 26.9 Å². The van der Waals surface area contributed by atoms with Crippen molar-refractivity contribution in [2.24, 2.45) is 0 Å². The first-order chi connectivity index (χ1) is 7.81. The fourth-order valence-corrected chi connectivity index (χ4v) is 2.12. The lowest BCUT2D eigenvalue weighted by Crippen LogP contribution is -2.12. The Morgan fingerprint density at radius 3 is 3.00 bits per heavy atom. The fourth-order valence-electron chi connectivity index (χ4n) is 1.55. The molecule has 0 fully saturated rings. The summed E-state index contributed by atoms with van der Waals surface area (Å²) in [5, 5.41) is 7.71. The van der Waals surface area contributed by atoms with Crippen molar-refractivity contribution in [1.29, 1.82) is 0 Å². The second kappa shape index (κ2) is 5.23. The van der Waals surface area contributed by atoms with E-state index in [1.54, 1.807) is 11.3 Å². The van der Waals surface area contributed by atoms with E-state index >= 15 is 0 Å². The van der Waals surface area contributed by atoms with E-state index in [0.29, 0.717) is 0 Å². The molecule has 0 amide bonds. The van der Waals surface area contributed by atoms with Gasteiger partial charge in [-0.1, -0.05) is 6.92 Å². The molecule has 0 aromatic carbocycles. The SMILES string of the molecule is CCNCc1cnn(Cc2cncs2)c1C. The summed E-state index contributed by atoms with van der Waals surface area (Å²) < 4.78 is 2.03. The van der Waals surface area contributed by atoms with Crippen LogP contribution in [0.15, 0.2) is 17.9 Å². The van der Waals surface area contributed by atoms with Crippen LogP contribution in [0.25, 0.3) is 0 Å². The molecule has 0 bridgehead atoms. The first-order valence-electron chi connectivity index (χ1n) is 5.40. The lowest BCUT2D eigenvalue weighted by molar-refractivity contribution is 0.664. The highest BCUT2D eigenvalue weighted by atomic mass is 32.1. The van der Waals surface area contributed by atoms with Crippen LogP contribution in [-0.4, -0.2) is 21.3 Å². The molecule has 0 radical (unpaired) electrons. The Labute approximate surface area is 99.3 Å². The number of hydrogen-bond acceptors (Lipinski definition) is 4. The third kappa shape index (κ3) is 2.48. The second-order valence-electron chi connectivity index (χ2n) is 3.66. The lowest BCUT2D eigenvalue weighted by Gasteiger charge is -2.04. The first-order valence-corrected chi connectivity index (χ1v) is 6.28. The predicted octanol–water partition coefficient (Wildman–Crippen LogP) is 1.81. The summed E-state index contributed by atoms with van der Waals surface area (Å²) >= 11 is 1.67. The molecule has 0 atom stereocenters. The van der Waals surface area contributed by atoms with Gasteiger partial charge in [0.05, 0.1) is 18.3 Å². The maximum atomic E-state index is 4.40. The molecule has 2 rings (SSSR count). The van der Waals surface area contributed by atoms with Crippen molar-refractivity contribution < 1.29 is 0 Å². The van der Waals surface area contributed by atoms with E-state index in [2.05, 4.69) is 29.2 Å². The van der Waals surface area contributed by atoms with Crippen molar-refractivity contribution in [3.8, 4) is 0 Å². The van der Waals surface area contributed by atoms with Crippen molar-refractivity contribution in [2.75, 3.05) is 6.54 Å². The zero-order valence-electron chi connectivity index (χ0n) is 9.60. The fraction of sp³-hybridized carbons (Fsp3) is 0.455. The molecule has 2 heterocycles. The quantitative estimate of drug-likeness (QED) is 0.861. The molecule has 16 heavy (non-hydrogen) atoms. The van der Waals surface area contributed by atoms with E-state index in [4.69, 9.17) is 0 Å². The summed E-state index contributed by atoms with van der Waals surface area (Å²) in [6.07, 6.45) is 3.84. The summed E-state index contributed by atoms with van der Waals surface area (Å²) in [6, 6.07) is 0. The smallest absolute Gasteiger partial charge is 0.0794 e. The number of nitrogens with one attached hydrogen (secondary N) is 1. The Bertz CT molecular complexity index is 433. The molecule has 0 spiro atoms. The Kier molecular flexibility index (Phi) is 3.69. The minimum absolute atomic E-state index is 0.822. The van der Waals surface area contributed by atoms with Crippen LogP contribution in [0.3, 0.4) is 0 Å². The van der Waals surface area contributed by atoms with Gasteiger partial charge in [0, 0.05) is 28.9 Å². The topological polar surface area (TPSA) is 42.7 Å². The molecule has 0 aliphatic heterocycles. The zero-order chi connectivity index (χ0) is 11.4. The molecule has 0 unspecified atom stereocenters. The molecular weight excluding hydrogens is 220 g/mol. The molecule has 2 aromatic rings. The summed E-state index contributed by atoms with van der Waals surface area (Å²) in [5.41, 5.74) is 4.36. The Morgan fingerprint density at radius 2 is 2.31 bits per heavy atom. The number of aromatic nitrogens is 3. The minimum atomic E-state index is 0.822. The average molecular weight is 236 g/mol. The van der Waals surface area contributed by atoms with Crippen LogP contribution in [-0.2, 0) is 13.1 Å². The number of thiazole rings is 1. The van der Waals surface area contributed by atoms with Gasteiger partial charge >= 0.3 is 0 Å². The normalized spacial score (nSPS) is 10.9. The van der Waals surface area contributed by atoms with Crippen LogP contribution < -0.4 is 5.32 Å². The third-order valence-corrected chi connectivity index (χ3v) is 3.32. The van der Waals surface area contributed by atoms with E-state index in [0.717, 1.165) is 19.6 Å². The molecule has 0 aliphatic rings. The number of hydrogen-bond donors (Lipinski definition) is 1. The molecule has 0 aliphatic carbocycles. The van der Waals surface area contributed by atoms with Gasteiger partial charge in [-0.25, -0.2) is 0 Å². The monoisotopic (exact) mass is 236 g/mol. The lowest BCUT2D eigenvalue weighted by atomic mass is 10.2. The standard InChI is InChI=1S/C11H16N4S/c1-3-12-4-10-5-14-15(9(10)2)7-11-6-13-8-16-11/h5-6,8,12H,3-4,7H2,1-2H3. The second-order valence-corrected chi connectivity index (χ2v) is 4.63. The van der Waals surface area contributed by atoms with Crippen LogP contribution in [0.5, 0.6) is 0 Å². The highest BCUT2D eigenvalue weighted by molar-refractivity contribution is 7.09. The molecule has 2 aromatic heterocycles. The van der Waals surface area contributed by atoms with E-state index in [1.807, 2.05) is 22.6 Å². The third-order valence-electron chi connectivity index (χ3n) is 2.56. The molecule has 0 saturated carbocycles. The summed E-state index contributed by atoms with van der Waals surface area (Å²) in [5.74, 6) is 0. The number of nitrogens with zero attached hydrogens (tertiary/aromatic N) is 3. The highest BCUT2D eigenvalue weighted by Gasteiger charge is 2.06. The Hall–Kier alpha value is -1.20. The van der Waals surface area contributed by atoms with E-state index in [1.165, 1.54) is 16.1 Å². The van der Waals surface area contributed by atoms with Crippen molar-refractivity contribution >= 4 is 11.3 Å². The molecule has 0 saturated heterocycles. The van der Waals surface area contributed by atoms with Gasteiger partial charge in [0.1, 0.15) is 0 Å². The van der Waals surface area contributed by atoms with E-state index in [-0.39, 0.29) is 0 Å². The summed E-state index contributed by atoms with van der Waals surface area (Å²) in [4.78, 5) is 5.31. The van der Waals surface area contributed by atoms with Crippen LogP contribution >= 0.6 is 11.3 Å². The average Bonchev–Trinajstić information content (AvgIpc) is 2.89. The van der Waals surface area contributed by atoms with Crippen LogP contribution in [0.4, 0.5) is 0 Å². The van der Waals surface area contributed by atoms with Crippen LogP contribution in [0, 0.1) is 6.92 Å². The molecule has 86 valence electrons. The van der Waals surface area contributed by atoms with Crippen molar-refractivity contribution in [1.82, 2.24) is 20.1 Å². The van der Waals surface area contributed by atoms with Crippen molar-refractivity contribution in [3.05, 3.63) is 34.0 Å². The van der Waals surface area contributed by atoms with Crippen LogP contribution in [0.1, 0.15) is 23.1 Å². The maximum Gasteiger partial charge on any atom is 0.0794 e. The molecular formula is C11H16N4S. The Morgan fingerprint density at radius 1 is 1.44 bits per heavy atom. The largest absolute Gasteiger partial charge is 0.313 e. The zero-order valence-corrected chi connectivity index (χ0v) is 10.4. The van der Waals surface area contributed by atoms with Crippen LogP contribution in [0.2, 0.25) is 0 Å². The van der Waals surface area contributed by atoms with Gasteiger partial charge in [0.25, 0.3) is 0 Å². The predicted molar refractivity (Wildman–Crippen MR) is 65.6 cm³/mol. The van der Waals surface area contributed by atoms with Gasteiger partial charge in [-0.05, 0) is 13.5 Å². The maximum absolute atomic E-state index is 4.40. The van der Waals surface area contributed by atoms with Gasteiger partial charge < -0.3 is 5.32 Å². The van der Waals surface area contributed by atoms with E-state index in [9.17, 15) is 0 Å². The van der Waals surface area contributed by atoms with Gasteiger partial charge in [0.15, 0.2) is 0 Å². The first kappa shape index (κ1) is 11.3. The summed E-state index contributed by atoms with van der Waals surface area (Å²) in [7, 11) is 0. The Balaban J connectivity index is 2.08. The van der Waals surface area contributed by atoms with Gasteiger partial charge in [-0.3, -0.25) is 9.67 Å². The van der Waals surface area contributed by atoms with Gasteiger partial charge in [-0.15, -0.1) is 11.3 Å². The van der Waals surface area contributed by atoms with E-state index < -0.39 is 0 Å². The number of rotatable bonds is 5. The highest BCUT2D eigenvalue weighted by Crippen LogP contribution is 2.12. The van der Waals surface area contributed by atoms with Crippen molar-refractivity contribution in [3.63, 3.8) is 0 Å². The molecule has 1 N–H and O–H groups in total. The summed E-state index contributed by atoms with van der Waals surface area (Å²) in [6.45, 7) is 6.92. The van der Waals surface area contributed by atoms with Gasteiger partial charge in [0.2, 0.25) is 0 Å². The molecule has 5 heteroatoms. The molecule has 4 nitrogen and oxygen atoms in total.